The molecule has 0 bridgehead atoms. The van der Waals surface area contributed by atoms with Crippen LogP contribution in [0.5, 0.6) is 0 Å². The molecule has 2 atom stereocenters. The highest BCUT2D eigenvalue weighted by atomic mass is 16.5. The predicted molar refractivity (Wildman–Crippen MR) is 85.5 cm³/mol. The third-order valence-electron chi connectivity index (χ3n) is 4.04. The minimum Gasteiger partial charge on any atom is -0.379 e. The second-order valence-corrected chi connectivity index (χ2v) is 5.72. The van der Waals surface area contributed by atoms with Crippen LogP contribution in [0, 0.1) is 0 Å². The van der Waals surface area contributed by atoms with Gasteiger partial charge in [0.25, 0.3) is 5.91 Å². The Balaban J connectivity index is 1.65. The topological polar surface area (TPSA) is 88.6 Å². The summed E-state index contributed by atoms with van der Waals surface area (Å²) in [6.07, 6.45) is 3.39. The van der Waals surface area contributed by atoms with Gasteiger partial charge in [0.2, 0.25) is 5.95 Å². The van der Waals surface area contributed by atoms with Crippen LogP contribution in [0.3, 0.4) is 0 Å². The second kappa shape index (κ2) is 7.56. The van der Waals surface area contributed by atoms with Crippen LogP contribution in [0.4, 0.5) is 11.8 Å². The van der Waals surface area contributed by atoms with Crippen molar-refractivity contribution in [3.05, 3.63) is 12.3 Å². The van der Waals surface area contributed by atoms with E-state index in [0.29, 0.717) is 32.3 Å². The van der Waals surface area contributed by atoms with Gasteiger partial charge in [0.15, 0.2) is 6.10 Å². The molecule has 1 amide bonds. The van der Waals surface area contributed by atoms with E-state index in [1.165, 1.54) is 0 Å². The fourth-order valence-electron chi connectivity index (χ4n) is 2.80. The highest BCUT2D eigenvalue weighted by Crippen LogP contribution is 2.17. The van der Waals surface area contributed by atoms with Crippen LogP contribution in [-0.2, 0) is 14.3 Å². The molecule has 23 heavy (non-hydrogen) atoms. The standard InChI is InChI=1S/C15H23N5O3/c1-16-14(21)12-9-20(6-8-23-12)15-17-5-4-13(19-15)18-11-3-2-7-22-10-11/h4-5,11-12H,2-3,6-10H2,1H3,(H,16,21)(H,17,18,19). The number of aromatic nitrogens is 2. The Kier molecular flexibility index (Phi) is 5.24. The van der Waals surface area contributed by atoms with Crippen LogP contribution >= 0.6 is 0 Å². The lowest BCUT2D eigenvalue weighted by Gasteiger charge is -2.32. The van der Waals surface area contributed by atoms with Gasteiger partial charge in [-0.2, -0.15) is 4.98 Å². The fourth-order valence-corrected chi connectivity index (χ4v) is 2.80. The van der Waals surface area contributed by atoms with E-state index < -0.39 is 6.10 Å². The monoisotopic (exact) mass is 321 g/mol. The molecule has 126 valence electrons. The van der Waals surface area contributed by atoms with E-state index in [9.17, 15) is 4.79 Å². The van der Waals surface area contributed by atoms with Crippen molar-refractivity contribution in [1.82, 2.24) is 15.3 Å². The maximum atomic E-state index is 11.7. The number of anilines is 2. The molecule has 2 unspecified atom stereocenters. The molecule has 2 fully saturated rings. The van der Waals surface area contributed by atoms with Gasteiger partial charge >= 0.3 is 0 Å². The van der Waals surface area contributed by atoms with Crippen molar-refractivity contribution in [1.29, 1.82) is 0 Å². The summed E-state index contributed by atoms with van der Waals surface area (Å²) in [5, 5.41) is 6.01. The summed E-state index contributed by atoms with van der Waals surface area (Å²) in [4.78, 5) is 22.6. The van der Waals surface area contributed by atoms with Crippen molar-refractivity contribution in [2.45, 2.75) is 25.0 Å². The summed E-state index contributed by atoms with van der Waals surface area (Å²) in [6.45, 7) is 3.15. The first-order chi connectivity index (χ1) is 11.3. The number of hydrogen-bond donors (Lipinski definition) is 2. The van der Waals surface area contributed by atoms with Gasteiger partial charge in [-0.25, -0.2) is 4.98 Å². The minimum absolute atomic E-state index is 0.122. The maximum absolute atomic E-state index is 11.7. The number of nitrogens with zero attached hydrogens (tertiary/aromatic N) is 3. The molecule has 2 saturated heterocycles. The smallest absolute Gasteiger partial charge is 0.250 e. The highest BCUT2D eigenvalue weighted by molar-refractivity contribution is 5.81. The molecule has 1 aromatic heterocycles. The summed E-state index contributed by atoms with van der Waals surface area (Å²) >= 11 is 0. The van der Waals surface area contributed by atoms with E-state index in [4.69, 9.17) is 9.47 Å². The van der Waals surface area contributed by atoms with Gasteiger partial charge in [0.1, 0.15) is 5.82 Å². The van der Waals surface area contributed by atoms with Crippen molar-refractivity contribution in [2.75, 3.05) is 50.2 Å². The van der Waals surface area contributed by atoms with E-state index in [-0.39, 0.29) is 11.9 Å². The molecule has 3 heterocycles. The Hall–Kier alpha value is -1.93. The number of carbonyl (C=O) groups is 1. The SMILES string of the molecule is CNC(=O)C1CN(c2nccc(NC3CCCOC3)n2)CCO1. The van der Waals surface area contributed by atoms with E-state index in [1.807, 2.05) is 11.0 Å². The Morgan fingerprint density at radius 1 is 1.43 bits per heavy atom. The number of likely N-dealkylation sites (N-methyl/N-ethyl adjacent to an activating group) is 1. The lowest BCUT2D eigenvalue weighted by Crippen LogP contribution is -2.49. The lowest BCUT2D eigenvalue weighted by molar-refractivity contribution is -0.132. The Bertz CT molecular complexity index is 536. The Morgan fingerprint density at radius 3 is 3.13 bits per heavy atom. The number of nitrogens with one attached hydrogen (secondary N) is 2. The van der Waals surface area contributed by atoms with Crippen molar-refractivity contribution < 1.29 is 14.3 Å². The highest BCUT2D eigenvalue weighted by Gasteiger charge is 2.27. The van der Waals surface area contributed by atoms with E-state index in [1.54, 1.807) is 13.2 Å². The van der Waals surface area contributed by atoms with Gasteiger partial charge in [0, 0.05) is 26.4 Å². The van der Waals surface area contributed by atoms with Crippen LogP contribution in [0.15, 0.2) is 12.3 Å². The molecular weight excluding hydrogens is 298 g/mol. The quantitative estimate of drug-likeness (QED) is 0.808. The van der Waals surface area contributed by atoms with Gasteiger partial charge in [-0.3, -0.25) is 4.79 Å². The first-order valence-corrected chi connectivity index (χ1v) is 8.02. The molecule has 0 saturated carbocycles. The molecule has 0 aliphatic carbocycles. The molecule has 2 aliphatic heterocycles. The van der Waals surface area contributed by atoms with E-state index in [2.05, 4.69) is 20.6 Å². The van der Waals surface area contributed by atoms with Gasteiger partial charge in [-0.05, 0) is 18.9 Å². The molecule has 2 aliphatic rings. The van der Waals surface area contributed by atoms with Gasteiger partial charge < -0.3 is 25.0 Å². The molecule has 3 rings (SSSR count). The summed E-state index contributed by atoms with van der Waals surface area (Å²) in [7, 11) is 1.61. The lowest BCUT2D eigenvalue weighted by atomic mass is 10.1. The third kappa shape index (κ3) is 4.08. The fraction of sp³-hybridized carbons (Fsp3) is 0.667. The largest absolute Gasteiger partial charge is 0.379 e. The number of ether oxygens (including phenoxy) is 2. The third-order valence-corrected chi connectivity index (χ3v) is 4.04. The minimum atomic E-state index is -0.485. The van der Waals surface area contributed by atoms with Crippen LogP contribution in [-0.4, -0.2) is 68.0 Å². The normalized spacial score (nSPS) is 25.0. The average Bonchev–Trinajstić information content (AvgIpc) is 2.62. The molecule has 0 spiro atoms. The molecule has 1 aromatic rings. The van der Waals surface area contributed by atoms with E-state index in [0.717, 1.165) is 25.3 Å². The predicted octanol–water partition coefficient (Wildman–Crippen LogP) is 0.0187. The summed E-state index contributed by atoms with van der Waals surface area (Å²) in [6, 6.07) is 2.14. The number of rotatable bonds is 4. The summed E-state index contributed by atoms with van der Waals surface area (Å²) in [5.41, 5.74) is 0. The van der Waals surface area contributed by atoms with Crippen LogP contribution < -0.4 is 15.5 Å². The van der Waals surface area contributed by atoms with E-state index >= 15 is 0 Å². The number of carbonyl (C=O) groups excluding carboxylic acids is 1. The zero-order valence-electron chi connectivity index (χ0n) is 13.3. The molecular formula is C15H23N5O3. The van der Waals surface area contributed by atoms with Crippen LogP contribution in [0.1, 0.15) is 12.8 Å². The van der Waals surface area contributed by atoms with Crippen LogP contribution in [0.2, 0.25) is 0 Å². The molecule has 0 radical (unpaired) electrons. The number of hydrogen-bond acceptors (Lipinski definition) is 7. The number of morpholine rings is 1. The zero-order chi connectivity index (χ0) is 16.1. The first kappa shape index (κ1) is 15.9. The second-order valence-electron chi connectivity index (χ2n) is 5.72. The molecule has 2 N–H and O–H groups in total. The van der Waals surface area contributed by atoms with Gasteiger partial charge in [0.05, 0.1) is 25.8 Å². The Morgan fingerprint density at radius 2 is 2.35 bits per heavy atom. The number of amides is 1. The van der Waals surface area contributed by atoms with Crippen LogP contribution in [0.25, 0.3) is 0 Å². The summed E-state index contributed by atoms with van der Waals surface area (Å²) in [5.74, 6) is 1.28. The first-order valence-electron chi connectivity index (χ1n) is 8.02. The van der Waals surface area contributed by atoms with Gasteiger partial charge in [-0.1, -0.05) is 0 Å². The summed E-state index contributed by atoms with van der Waals surface area (Å²) < 4.78 is 11.0. The van der Waals surface area contributed by atoms with Crippen molar-refractivity contribution in [3.63, 3.8) is 0 Å². The molecule has 0 aromatic carbocycles. The average molecular weight is 321 g/mol. The molecule has 8 heteroatoms. The van der Waals surface area contributed by atoms with Gasteiger partial charge in [-0.15, -0.1) is 0 Å². The molecule has 8 nitrogen and oxygen atoms in total. The van der Waals surface area contributed by atoms with Crippen molar-refractivity contribution in [2.24, 2.45) is 0 Å². The Labute approximate surface area is 135 Å². The zero-order valence-corrected chi connectivity index (χ0v) is 13.3. The van der Waals surface area contributed by atoms with Crippen molar-refractivity contribution >= 4 is 17.7 Å². The van der Waals surface area contributed by atoms with Crippen molar-refractivity contribution in [3.8, 4) is 0 Å². The maximum Gasteiger partial charge on any atom is 0.250 e.